The van der Waals surface area contributed by atoms with Crippen molar-refractivity contribution < 1.29 is 8.78 Å². The van der Waals surface area contributed by atoms with Crippen molar-refractivity contribution in [2.24, 2.45) is 13.0 Å². The van der Waals surface area contributed by atoms with Crippen molar-refractivity contribution in [3.8, 4) is 0 Å². The van der Waals surface area contributed by atoms with Crippen molar-refractivity contribution in [3.05, 3.63) is 47.0 Å². The van der Waals surface area contributed by atoms with E-state index >= 15 is 0 Å². The molecule has 2 heterocycles. The van der Waals surface area contributed by atoms with Crippen LogP contribution in [-0.2, 0) is 7.05 Å². The predicted octanol–water partition coefficient (Wildman–Crippen LogP) is 4.90. The van der Waals surface area contributed by atoms with Gasteiger partial charge in [-0.2, -0.15) is 5.10 Å². The van der Waals surface area contributed by atoms with Gasteiger partial charge < -0.3 is 4.90 Å². The minimum atomic E-state index is -2.42. The van der Waals surface area contributed by atoms with E-state index in [0.29, 0.717) is 5.92 Å². The topological polar surface area (TPSA) is 21.1 Å². The van der Waals surface area contributed by atoms with E-state index in [1.807, 2.05) is 46.3 Å². The molecule has 0 radical (unpaired) electrons. The van der Waals surface area contributed by atoms with Crippen LogP contribution >= 0.6 is 0 Å². The average molecular weight is 337 g/mol. The summed E-state index contributed by atoms with van der Waals surface area (Å²) in [6.07, 6.45) is 7.95. The summed E-state index contributed by atoms with van der Waals surface area (Å²) >= 11 is 0. The summed E-state index contributed by atoms with van der Waals surface area (Å²) in [4.78, 5) is 2.05. The van der Waals surface area contributed by atoms with Gasteiger partial charge in [-0.1, -0.05) is 32.9 Å². The van der Waals surface area contributed by atoms with Gasteiger partial charge in [0.05, 0.1) is 6.20 Å². The molecule has 0 unspecified atom stereocenters. The van der Waals surface area contributed by atoms with E-state index in [-0.39, 0.29) is 5.57 Å². The summed E-state index contributed by atoms with van der Waals surface area (Å²) in [6.45, 7) is 8.50. The second-order valence-corrected chi connectivity index (χ2v) is 5.92. The Morgan fingerprint density at radius 3 is 2.50 bits per heavy atom. The summed E-state index contributed by atoms with van der Waals surface area (Å²) in [5, 5.41) is 4.13. The molecule has 1 atom stereocenters. The highest BCUT2D eigenvalue weighted by molar-refractivity contribution is 5.53. The van der Waals surface area contributed by atoms with Crippen LogP contribution in [0.5, 0.6) is 0 Å². The zero-order chi connectivity index (χ0) is 18.3. The fourth-order valence-corrected chi connectivity index (χ4v) is 2.57. The number of aromatic nitrogens is 2. The van der Waals surface area contributed by atoms with Crippen molar-refractivity contribution in [3.63, 3.8) is 0 Å². The Bertz CT molecular complexity index is 612. The maximum atomic E-state index is 12.8. The number of hydrogen-bond acceptors (Lipinski definition) is 2. The van der Waals surface area contributed by atoms with Crippen molar-refractivity contribution in [1.29, 1.82) is 0 Å². The molecule has 1 aliphatic heterocycles. The number of halogens is 2. The molecule has 0 spiro atoms. The summed E-state index contributed by atoms with van der Waals surface area (Å²) in [5.41, 5.74) is 3.09. The van der Waals surface area contributed by atoms with E-state index in [1.165, 1.54) is 6.92 Å². The standard InChI is InChI=1S/C17H23F2N3.C2H6/c1-12-7-8-21(3)16(9-13(2)17(18)19)15(12)6-5-14-10-20-22(4)11-14;1-2/h5-6,9-12,17H,7-8H2,1-4H3;1-2H3/b6-5+,13-9+;/t12-;/m0./s1. The van der Waals surface area contributed by atoms with Gasteiger partial charge >= 0.3 is 0 Å². The highest BCUT2D eigenvalue weighted by atomic mass is 19.3. The first-order chi connectivity index (χ1) is 11.4. The Morgan fingerprint density at radius 2 is 1.96 bits per heavy atom. The lowest BCUT2D eigenvalue weighted by molar-refractivity contribution is 0.189. The second kappa shape index (κ2) is 9.40. The molecule has 3 nitrogen and oxygen atoms in total. The molecule has 0 bridgehead atoms. The Balaban J connectivity index is 0.00000139. The Labute approximate surface area is 144 Å². The third-order valence-corrected chi connectivity index (χ3v) is 4.02. The van der Waals surface area contributed by atoms with E-state index in [9.17, 15) is 8.78 Å². The molecule has 0 aromatic carbocycles. The Morgan fingerprint density at radius 1 is 1.29 bits per heavy atom. The van der Waals surface area contributed by atoms with Crippen molar-refractivity contribution in [1.82, 2.24) is 14.7 Å². The fraction of sp³-hybridized carbons (Fsp3) is 0.526. The lowest BCUT2D eigenvalue weighted by Gasteiger charge is -2.32. The monoisotopic (exact) mass is 337 g/mol. The maximum absolute atomic E-state index is 12.8. The van der Waals surface area contributed by atoms with E-state index in [4.69, 9.17) is 0 Å². The van der Waals surface area contributed by atoms with Crippen LogP contribution in [0.3, 0.4) is 0 Å². The Hall–Kier alpha value is -1.91. The molecule has 0 aliphatic carbocycles. The molecule has 0 fully saturated rings. The first kappa shape index (κ1) is 20.1. The molecule has 134 valence electrons. The van der Waals surface area contributed by atoms with Gasteiger partial charge in [-0.25, -0.2) is 8.78 Å². The van der Waals surface area contributed by atoms with Crippen LogP contribution in [0.25, 0.3) is 6.08 Å². The van der Waals surface area contributed by atoms with Crippen LogP contribution in [0.15, 0.2) is 41.4 Å². The highest BCUT2D eigenvalue weighted by Crippen LogP contribution is 2.30. The molecule has 0 N–H and O–H groups in total. The van der Waals surface area contributed by atoms with E-state index in [2.05, 4.69) is 16.9 Å². The van der Waals surface area contributed by atoms with Gasteiger partial charge in [0.15, 0.2) is 0 Å². The lowest BCUT2D eigenvalue weighted by Crippen LogP contribution is -2.27. The highest BCUT2D eigenvalue weighted by Gasteiger charge is 2.21. The van der Waals surface area contributed by atoms with Crippen LogP contribution in [0.4, 0.5) is 8.78 Å². The van der Waals surface area contributed by atoms with Crippen LogP contribution in [0.1, 0.15) is 39.7 Å². The molecule has 0 amide bonds. The number of aryl methyl sites for hydroxylation is 1. The predicted molar refractivity (Wildman–Crippen MR) is 96.8 cm³/mol. The van der Waals surface area contributed by atoms with E-state index in [1.54, 1.807) is 17.0 Å². The quantitative estimate of drug-likeness (QED) is 0.779. The van der Waals surface area contributed by atoms with Crippen LogP contribution in [0.2, 0.25) is 0 Å². The normalized spacial score (nSPS) is 19.1. The smallest absolute Gasteiger partial charge is 0.260 e. The van der Waals surface area contributed by atoms with Gasteiger partial charge in [-0.15, -0.1) is 0 Å². The van der Waals surface area contributed by atoms with Gasteiger partial charge in [0.1, 0.15) is 0 Å². The van der Waals surface area contributed by atoms with Gasteiger partial charge in [0.25, 0.3) is 6.43 Å². The third kappa shape index (κ3) is 5.32. The molecule has 0 saturated carbocycles. The lowest BCUT2D eigenvalue weighted by atomic mass is 9.90. The molecule has 0 saturated heterocycles. The molecule has 24 heavy (non-hydrogen) atoms. The van der Waals surface area contributed by atoms with Crippen molar-refractivity contribution in [2.45, 2.75) is 40.5 Å². The molecule has 1 aliphatic rings. The van der Waals surface area contributed by atoms with E-state index < -0.39 is 6.43 Å². The van der Waals surface area contributed by atoms with Crippen LogP contribution in [0, 0.1) is 5.92 Å². The SMILES string of the molecule is C/C(=C\C1=C(/C=C/c2cnn(C)c2)[C@@H](C)CCN1C)C(F)F.CC. The molecule has 1 aromatic heterocycles. The van der Waals surface area contributed by atoms with Crippen molar-refractivity contribution in [2.75, 3.05) is 13.6 Å². The van der Waals surface area contributed by atoms with Crippen LogP contribution in [-0.4, -0.2) is 34.7 Å². The van der Waals surface area contributed by atoms with Gasteiger partial charge in [0, 0.05) is 38.1 Å². The van der Waals surface area contributed by atoms with Gasteiger partial charge in [-0.05, 0) is 36.5 Å². The molecular formula is C19H29F2N3. The molecular weight excluding hydrogens is 308 g/mol. The number of allylic oxidation sites excluding steroid dienone is 4. The second-order valence-electron chi connectivity index (χ2n) is 5.92. The minimum Gasteiger partial charge on any atom is -0.374 e. The van der Waals surface area contributed by atoms with Crippen molar-refractivity contribution >= 4 is 6.08 Å². The van der Waals surface area contributed by atoms with Gasteiger partial charge in [-0.3, -0.25) is 4.68 Å². The number of likely N-dealkylation sites (N-methyl/N-ethyl adjacent to an activating group) is 1. The van der Waals surface area contributed by atoms with E-state index in [0.717, 1.165) is 29.8 Å². The summed E-state index contributed by atoms with van der Waals surface area (Å²) < 4.78 is 27.4. The largest absolute Gasteiger partial charge is 0.374 e. The first-order valence-corrected chi connectivity index (χ1v) is 8.47. The number of hydrogen-bond donors (Lipinski definition) is 0. The zero-order valence-corrected chi connectivity index (χ0v) is 15.6. The number of nitrogens with zero attached hydrogens (tertiary/aromatic N) is 3. The summed E-state index contributed by atoms with van der Waals surface area (Å²) in [7, 11) is 3.82. The fourth-order valence-electron chi connectivity index (χ4n) is 2.57. The maximum Gasteiger partial charge on any atom is 0.260 e. The molecule has 5 heteroatoms. The first-order valence-electron chi connectivity index (χ1n) is 8.47. The molecule has 2 rings (SSSR count). The third-order valence-electron chi connectivity index (χ3n) is 4.02. The number of rotatable bonds is 4. The molecule has 1 aromatic rings. The Kier molecular flexibility index (Phi) is 7.89. The zero-order valence-electron chi connectivity index (χ0n) is 15.6. The summed E-state index contributed by atoms with van der Waals surface area (Å²) in [5.74, 6) is 0.348. The van der Waals surface area contributed by atoms with Crippen LogP contribution < -0.4 is 0 Å². The minimum absolute atomic E-state index is 0.100. The average Bonchev–Trinajstić information content (AvgIpc) is 2.97. The van der Waals surface area contributed by atoms with Gasteiger partial charge in [0.2, 0.25) is 0 Å². The summed E-state index contributed by atoms with van der Waals surface area (Å²) in [6, 6.07) is 0. The number of alkyl halides is 2.